The van der Waals surface area contributed by atoms with Crippen molar-refractivity contribution in [3.8, 4) is 0 Å². The van der Waals surface area contributed by atoms with E-state index in [1.165, 1.54) is 13.3 Å². The second kappa shape index (κ2) is 5.77. The Kier molecular flexibility index (Phi) is 4.09. The van der Waals surface area contributed by atoms with Crippen molar-refractivity contribution in [3.63, 3.8) is 0 Å². The fourth-order valence-corrected chi connectivity index (χ4v) is 2.33. The first-order valence-corrected chi connectivity index (χ1v) is 6.31. The molecule has 102 valence electrons. The van der Waals surface area contributed by atoms with Gasteiger partial charge in [0, 0.05) is 6.54 Å². The molecule has 2 rings (SSSR count). The SMILES string of the molecule is COC(=O)c1cncc(N2CCCCC2C(C)=O)n1. The van der Waals surface area contributed by atoms with E-state index in [2.05, 4.69) is 14.7 Å². The van der Waals surface area contributed by atoms with Gasteiger partial charge in [0.05, 0.1) is 25.5 Å². The Morgan fingerprint density at radius 2 is 2.16 bits per heavy atom. The second-order valence-corrected chi connectivity index (χ2v) is 4.57. The van der Waals surface area contributed by atoms with Gasteiger partial charge in [-0.15, -0.1) is 0 Å². The summed E-state index contributed by atoms with van der Waals surface area (Å²) in [4.78, 5) is 33.3. The molecule has 1 aliphatic rings. The van der Waals surface area contributed by atoms with E-state index in [-0.39, 0.29) is 17.5 Å². The van der Waals surface area contributed by atoms with Gasteiger partial charge in [0.2, 0.25) is 0 Å². The van der Waals surface area contributed by atoms with Gasteiger partial charge in [0.1, 0.15) is 5.82 Å². The van der Waals surface area contributed by atoms with Gasteiger partial charge in [-0.3, -0.25) is 9.78 Å². The van der Waals surface area contributed by atoms with Crippen LogP contribution >= 0.6 is 0 Å². The Labute approximate surface area is 111 Å². The minimum Gasteiger partial charge on any atom is -0.464 e. The molecule has 1 unspecified atom stereocenters. The monoisotopic (exact) mass is 263 g/mol. The van der Waals surface area contributed by atoms with Crippen molar-refractivity contribution < 1.29 is 14.3 Å². The highest BCUT2D eigenvalue weighted by Crippen LogP contribution is 2.23. The first kappa shape index (κ1) is 13.5. The number of aromatic nitrogens is 2. The number of anilines is 1. The number of hydrogen-bond donors (Lipinski definition) is 0. The molecule has 0 radical (unpaired) electrons. The van der Waals surface area contributed by atoms with E-state index in [0.717, 1.165) is 25.8 Å². The first-order chi connectivity index (χ1) is 9.13. The Morgan fingerprint density at radius 1 is 1.37 bits per heavy atom. The number of nitrogens with zero attached hydrogens (tertiary/aromatic N) is 3. The van der Waals surface area contributed by atoms with Crippen LogP contribution in [-0.2, 0) is 9.53 Å². The van der Waals surface area contributed by atoms with Crippen LogP contribution in [0.15, 0.2) is 12.4 Å². The number of hydrogen-bond acceptors (Lipinski definition) is 6. The van der Waals surface area contributed by atoms with E-state index in [0.29, 0.717) is 5.82 Å². The number of ether oxygens (including phenoxy) is 1. The lowest BCUT2D eigenvalue weighted by molar-refractivity contribution is -0.118. The highest BCUT2D eigenvalue weighted by atomic mass is 16.5. The van der Waals surface area contributed by atoms with Crippen LogP contribution < -0.4 is 4.90 Å². The van der Waals surface area contributed by atoms with E-state index in [1.807, 2.05) is 4.90 Å². The number of rotatable bonds is 3. The molecule has 1 fully saturated rings. The van der Waals surface area contributed by atoms with E-state index in [1.54, 1.807) is 13.1 Å². The number of carbonyl (C=O) groups excluding carboxylic acids is 2. The molecule has 0 saturated carbocycles. The number of carbonyl (C=O) groups is 2. The molecule has 0 amide bonds. The van der Waals surface area contributed by atoms with Crippen LogP contribution in [0.25, 0.3) is 0 Å². The molecular weight excluding hydrogens is 246 g/mol. The second-order valence-electron chi connectivity index (χ2n) is 4.57. The predicted octanol–water partition coefficient (Wildman–Crippen LogP) is 1.21. The van der Waals surface area contributed by atoms with Gasteiger partial charge in [-0.2, -0.15) is 0 Å². The van der Waals surface area contributed by atoms with Crippen LogP contribution in [0.3, 0.4) is 0 Å². The molecular formula is C13H17N3O3. The molecule has 0 N–H and O–H groups in total. The number of piperidine rings is 1. The quantitative estimate of drug-likeness (QED) is 0.763. The molecule has 1 atom stereocenters. The average Bonchev–Trinajstić information content (AvgIpc) is 2.46. The Balaban J connectivity index is 2.29. The molecule has 1 aromatic heterocycles. The van der Waals surface area contributed by atoms with Gasteiger partial charge in [-0.1, -0.05) is 0 Å². The summed E-state index contributed by atoms with van der Waals surface area (Å²) in [5, 5.41) is 0. The highest BCUT2D eigenvalue weighted by molar-refractivity contribution is 5.88. The summed E-state index contributed by atoms with van der Waals surface area (Å²) < 4.78 is 4.63. The Bertz CT molecular complexity index is 490. The zero-order valence-corrected chi connectivity index (χ0v) is 11.1. The van der Waals surface area contributed by atoms with Gasteiger partial charge in [0.15, 0.2) is 11.5 Å². The van der Waals surface area contributed by atoms with Crippen LogP contribution in [-0.4, -0.2) is 41.4 Å². The third-order valence-electron chi connectivity index (χ3n) is 3.28. The number of ketones is 1. The molecule has 19 heavy (non-hydrogen) atoms. The summed E-state index contributed by atoms with van der Waals surface area (Å²) in [5.41, 5.74) is 0.160. The van der Waals surface area contributed by atoms with Gasteiger partial charge in [-0.05, 0) is 26.2 Å². The van der Waals surface area contributed by atoms with Crippen molar-refractivity contribution in [3.05, 3.63) is 18.1 Å². The summed E-state index contributed by atoms with van der Waals surface area (Å²) in [6.07, 6.45) is 5.80. The highest BCUT2D eigenvalue weighted by Gasteiger charge is 2.27. The maximum Gasteiger partial charge on any atom is 0.358 e. The molecule has 6 nitrogen and oxygen atoms in total. The Hall–Kier alpha value is -1.98. The van der Waals surface area contributed by atoms with Crippen molar-refractivity contribution >= 4 is 17.6 Å². The molecule has 1 aliphatic heterocycles. The van der Waals surface area contributed by atoms with E-state index in [9.17, 15) is 9.59 Å². The molecule has 0 aliphatic carbocycles. The summed E-state index contributed by atoms with van der Waals surface area (Å²) in [5.74, 6) is 0.151. The standard InChI is InChI=1S/C13H17N3O3/c1-9(17)11-5-3-4-6-16(11)12-8-14-7-10(15-12)13(18)19-2/h7-8,11H,3-6H2,1-2H3. The van der Waals surface area contributed by atoms with E-state index >= 15 is 0 Å². The maximum atomic E-state index is 11.7. The van der Waals surface area contributed by atoms with Crippen molar-refractivity contribution in [2.45, 2.75) is 32.2 Å². The minimum atomic E-state index is -0.522. The lowest BCUT2D eigenvalue weighted by atomic mass is 9.99. The number of Topliss-reactive ketones (excluding diaryl/α,β-unsaturated/α-hetero) is 1. The number of esters is 1. The lowest BCUT2D eigenvalue weighted by Crippen LogP contribution is -2.44. The predicted molar refractivity (Wildman–Crippen MR) is 69.0 cm³/mol. The van der Waals surface area contributed by atoms with Crippen LogP contribution in [0, 0.1) is 0 Å². The van der Waals surface area contributed by atoms with Crippen molar-refractivity contribution in [1.82, 2.24) is 9.97 Å². The topological polar surface area (TPSA) is 72.4 Å². The summed E-state index contributed by atoms with van der Waals surface area (Å²) >= 11 is 0. The van der Waals surface area contributed by atoms with Crippen molar-refractivity contribution in [1.29, 1.82) is 0 Å². The first-order valence-electron chi connectivity index (χ1n) is 6.31. The molecule has 1 aromatic rings. The van der Waals surface area contributed by atoms with Gasteiger partial charge < -0.3 is 9.64 Å². The molecule has 6 heteroatoms. The van der Waals surface area contributed by atoms with E-state index in [4.69, 9.17) is 0 Å². The third-order valence-corrected chi connectivity index (χ3v) is 3.28. The minimum absolute atomic E-state index is 0.116. The van der Waals surface area contributed by atoms with Gasteiger partial charge in [0.25, 0.3) is 0 Å². The van der Waals surface area contributed by atoms with Gasteiger partial charge >= 0.3 is 5.97 Å². The largest absolute Gasteiger partial charge is 0.464 e. The fourth-order valence-electron chi connectivity index (χ4n) is 2.33. The van der Waals surface area contributed by atoms with Crippen LogP contribution in [0.2, 0.25) is 0 Å². The summed E-state index contributed by atoms with van der Waals surface area (Å²) in [6, 6.07) is -0.170. The molecule has 0 spiro atoms. The van der Waals surface area contributed by atoms with Crippen molar-refractivity contribution in [2.24, 2.45) is 0 Å². The molecule has 0 aromatic carbocycles. The smallest absolute Gasteiger partial charge is 0.358 e. The normalized spacial score (nSPS) is 19.1. The van der Waals surface area contributed by atoms with Crippen LogP contribution in [0.4, 0.5) is 5.82 Å². The van der Waals surface area contributed by atoms with Crippen LogP contribution in [0.5, 0.6) is 0 Å². The lowest BCUT2D eigenvalue weighted by Gasteiger charge is -2.34. The molecule has 2 heterocycles. The molecule has 1 saturated heterocycles. The molecule has 0 bridgehead atoms. The Morgan fingerprint density at radius 3 is 2.84 bits per heavy atom. The number of methoxy groups -OCH3 is 1. The summed E-state index contributed by atoms with van der Waals surface area (Å²) in [6.45, 7) is 2.34. The van der Waals surface area contributed by atoms with Crippen LogP contribution in [0.1, 0.15) is 36.7 Å². The summed E-state index contributed by atoms with van der Waals surface area (Å²) in [7, 11) is 1.30. The zero-order valence-electron chi connectivity index (χ0n) is 11.1. The maximum absolute atomic E-state index is 11.7. The fraction of sp³-hybridized carbons (Fsp3) is 0.538. The van der Waals surface area contributed by atoms with Crippen molar-refractivity contribution in [2.75, 3.05) is 18.6 Å². The van der Waals surface area contributed by atoms with E-state index < -0.39 is 5.97 Å². The third kappa shape index (κ3) is 2.89. The zero-order chi connectivity index (χ0) is 13.8. The van der Waals surface area contributed by atoms with Gasteiger partial charge in [-0.25, -0.2) is 9.78 Å². The average molecular weight is 263 g/mol.